The van der Waals surface area contributed by atoms with Crippen LogP contribution in [0.15, 0.2) is 48.5 Å². The molecule has 1 amide bonds. The van der Waals surface area contributed by atoms with Gasteiger partial charge in [-0.2, -0.15) is 0 Å². The van der Waals surface area contributed by atoms with Crippen molar-refractivity contribution in [3.63, 3.8) is 0 Å². The van der Waals surface area contributed by atoms with Gasteiger partial charge in [0.15, 0.2) is 11.5 Å². The summed E-state index contributed by atoms with van der Waals surface area (Å²) in [5, 5.41) is 2.80. The Morgan fingerprint density at radius 2 is 1.72 bits per heavy atom. The first-order valence-corrected chi connectivity index (χ1v) is 8.19. The molecule has 1 N–H and O–H groups in total. The van der Waals surface area contributed by atoms with Gasteiger partial charge in [0.05, 0.1) is 26.0 Å². The number of para-hydroxylation sites is 2. The lowest BCUT2D eigenvalue weighted by Crippen LogP contribution is -2.08. The van der Waals surface area contributed by atoms with Crippen LogP contribution in [0.3, 0.4) is 0 Å². The van der Waals surface area contributed by atoms with Crippen LogP contribution in [0.1, 0.15) is 19.4 Å². The van der Waals surface area contributed by atoms with E-state index in [1.54, 1.807) is 25.3 Å². The molecule has 132 valence electrons. The van der Waals surface area contributed by atoms with Crippen LogP contribution in [0.5, 0.6) is 17.2 Å². The minimum Gasteiger partial charge on any atom is -0.495 e. The van der Waals surface area contributed by atoms with E-state index in [9.17, 15) is 4.79 Å². The molecule has 0 aromatic heterocycles. The molecule has 0 radical (unpaired) electrons. The second kappa shape index (κ2) is 9.37. The Balaban J connectivity index is 2.10. The van der Waals surface area contributed by atoms with Crippen molar-refractivity contribution in [1.82, 2.24) is 0 Å². The highest BCUT2D eigenvalue weighted by atomic mass is 16.5. The summed E-state index contributed by atoms with van der Waals surface area (Å²) in [4.78, 5) is 12.1. The summed E-state index contributed by atoms with van der Waals surface area (Å²) in [7, 11) is 1.57. The predicted octanol–water partition coefficient (Wildman–Crippen LogP) is 4.14. The van der Waals surface area contributed by atoms with Gasteiger partial charge in [-0.25, -0.2) is 0 Å². The van der Waals surface area contributed by atoms with Crippen LogP contribution in [0.2, 0.25) is 0 Å². The lowest BCUT2D eigenvalue weighted by atomic mass is 10.2. The SMILES string of the molecule is CCOc1ccc(/C=C/C(=O)Nc2ccccc2OC)cc1OCC. The van der Waals surface area contributed by atoms with Crippen molar-refractivity contribution < 1.29 is 19.0 Å². The number of rotatable bonds is 8. The maximum absolute atomic E-state index is 12.1. The number of anilines is 1. The minimum atomic E-state index is -0.239. The van der Waals surface area contributed by atoms with E-state index in [0.717, 1.165) is 5.56 Å². The van der Waals surface area contributed by atoms with E-state index in [0.29, 0.717) is 36.1 Å². The fraction of sp³-hybridized carbons (Fsp3) is 0.250. The average molecular weight is 341 g/mol. The first kappa shape index (κ1) is 18.4. The molecular formula is C20H23NO4. The first-order chi connectivity index (χ1) is 12.2. The third kappa shape index (κ3) is 5.28. The minimum absolute atomic E-state index is 0.239. The molecule has 0 aliphatic carbocycles. The van der Waals surface area contributed by atoms with Gasteiger partial charge in [-0.3, -0.25) is 4.79 Å². The zero-order valence-electron chi connectivity index (χ0n) is 14.7. The average Bonchev–Trinajstić information content (AvgIpc) is 2.62. The summed E-state index contributed by atoms with van der Waals surface area (Å²) in [6, 6.07) is 12.8. The smallest absolute Gasteiger partial charge is 0.248 e. The van der Waals surface area contributed by atoms with Crippen LogP contribution in [-0.4, -0.2) is 26.2 Å². The molecular weight excluding hydrogens is 318 g/mol. The Bertz CT molecular complexity index is 740. The number of carbonyl (C=O) groups is 1. The van der Waals surface area contributed by atoms with Gasteiger partial charge in [0.25, 0.3) is 0 Å². The van der Waals surface area contributed by atoms with Crippen molar-refractivity contribution in [2.45, 2.75) is 13.8 Å². The highest BCUT2D eigenvalue weighted by Crippen LogP contribution is 2.29. The van der Waals surface area contributed by atoms with Gasteiger partial charge in [0, 0.05) is 6.08 Å². The molecule has 2 aromatic carbocycles. The van der Waals surface area contributed by atoms with E-state index < -0.39 is 0 Å². The number of ether oxygens (including phenoxy) is 3. The van der Waals surface area contributed by atoms with Gasteiger partial charge in [-0.1, -0.05) is 18.2 Å². The van der Waals surface area contributed by atoms with E-state index in [2.05, 4.69) is 5.32 Å². The second-order valence-corrected chi connectivity index (χ2v) is 5.10. The maximum atomic E-state index is 12.1. The molecule has 0 heterocycles. The lowest BCUT2D eigenvalue weighted by Gasteiger charge is -2.11. The highest BCUT2D eigenvalue weighted by Gasteiger charge is 2.06. The van der Waals surface area contributed by atoms with Crippen LogP contribution < -0.4 is 19.5 Å². The fourth-order valence-corrected chi connectivity index (χ4v) is 2.27. The molecule has 2 rings (SSSR count). The Morgan fingerprint density at radius 3 is 2.44 bits per heavy atom. The van der Waals surface area contributed by atoms with Gasteiger partial charge >= 0.3 is 0 Å². The van der Waals surface area contributed by atoms with Crippen molar-refractivity contribution in [1.29, 1.82) is 0 Å². The second-order valence-electron chi connectivity index (χ2n) is 5.10. The normalized spacial score (nSPS) is 10.5. The first-order valence-electron chi connectivity index (χ1n) is 8.19. The number of hydrogen-bond acceptors (Lipinski definition) is 4. The van der Waals surface area contributed by atoms with Crippen LogP contribution in [-0.2, 0) is 4.79 Å². The molecule has 0 atom stereocenters. The topological polar surface area (TPSA) is 56.8 Å². The Labute approximate surface area is 148 Å². The third-order valence-electron chi connectivity index (χ3n) is 3.36. The predicted molar refractivity (Wildman–Crippen MR) is 99.4 cm³/mol. The van der Waals surface area contributed by atoms with Crippen molar-refractivity contribution >= 4 is 17.7 Å². The van der Waals surface area contributed by atoms with Crippen molar-refractivity contribution in [3.05, 3.63) is 54.1 Å². The molecule has 0 spiro atoms. The number of methoxy groups -OCH3 is 1. The molecule has 25 heavy (non-hydrogen) atoms. The van der Waals surface area contributed by atoms with Crippen molar-refractivity contribution in [2.24, 2.45) is 0 Å². The number of carbonyl (C=O) groups excluding carboxylic acids is 1. The van der Waals surface area contributed by atoms with Crippen LogP contribution in [0, 0.1) is 0 Å². The zero-order valence-corrected chi connectivity index (χ0v) is 14.7. The number of benzene rings is 2. The Kier molecular flexibility index (Phi) is 6.89. The van der Waals surface area contributed by atoms with E-state index in [1.807, 2.05) is 44.2 Å². The quantitative estimate of drug-likeness (QED) is 0.733. The lowest BCUT2D eigenvalue weighted by molar-refractivity contribution is -0.111. The van der Waals surface area contributed by atoms with Gasteiger partial charge in [-0.05, 0) is 49.8 Å². The molecule has 0 saturated heterocycles. The summed E-state index contributed by atoms with van der Waals surface area (Å²) in [6.45, 7) is 4.95. The summed E-state index contributed by atoms with van der Waals surface area (Å²) >= 11 is 0. The largest absolute Gasteiger partial charge is 0.495 e. The Morgan fingerprint density at radius 1 is 1.00 bits per heavy atom. The van der Waals surface area contributed by atoms with Gasteiger partial charge in [0.2, 0.25) is 5.91 Å². The fourth-order valence-electron chi connectivity index (χ4n) is 2.27. The number of hydrogen-bond donors (Lipinski definition) is 1. The summed E-state index contributed by atoms with van der Waals surface area (Å²) in [5.74, 6) is 1.73. The highest BCUT2D eigenvalue weighted by molar-refractivity contribution is 6.02. The van der Waals surface area contributed by atoms with Gasteiger partial charge in [-0.15, -0.1) is 0 Å². The van der Waals surface area contributed by atoms with Crippen LogP contribution >= 0.6 is 0 Å². The van der Waals surface area contributed by atoms with Gasteiger partial charge < -0.3 is 19.5 Å². The summed E-state index contributed by atoms with van der Waals surface area (Å²) < 4.78 is 16.3. The van der Waals surface area contributed by atoms with Crippen molar-refractivity contribution in [3.8, 4) is 17.2 Å². The van der Waals surface area contributed by atoms with E-state index >= 15 is 0 Å². The van der Waals surface area contributed by atoms with Crippen LogP contribution in [0.25, 0.3) is 6.08 Å². The molecule has 0 fully saturated rings. The molecule has 2 aromatic rings. The molecule has 0 aliphatic heterocycles. The zero-order chi connectivity index (χ0) is 18.1. The number of amides is 1. The monoisotopic (exact) mass is 341 g/mol. The maximum Gasteiger partial charge on any atom is 0.248 e. The standard InChI is InChI=1S/C20H23NO4/c1-4-24-18-12-10-15(14-19(18)25-5-2)11-13-20(22)21-16-8-6-7-9-17(16)23-3/h6-14H,4-5H2,1-3H3,(H,21,22)/b13-11+. The Hall–Kier alpha value is -2.95. The molecule has 5 heteroatoms. The van der Waals surface area contributed by atoms with E-state index in [-0.39, 0.29) is 5.91 Å². The number of nitrogens with one attached hydrogen (secondary N) is 1. The summed E-state index contributed by atoms with van der Waals surface area (Å²) in [5.41, 5.74) is 1.48. The molecule has 0 unspecified atom stereocenters. The molecule has 0 saturated carbocycles. The third-order valence-corrected chi connectivity index (χ3v) is 3.36. The van der Waals surface area contributed by atoms with Crippen LogP contribution in [0.4, 0.5) is 5.69 Å². The summed E-state index contributed by atoms with van der Waals surface area (Å²) in [6.07, 6.45) is 3.20. The molecule has 0 aliphatic rings. The molecule has 0 bridgehead atoms. The van der Waals surface area contributed by atoms with Gasteiger partial charge in [0.1, 0.15) is 5.75 Å². The molecule has 5 nitrogen and oxygen atoms in total. The van der Waals surface area contributed by atoms with E-state index in [1.165, 1.54) is 6.08 Å². The van der Waals surface area contributed by atoms with E-state index in [4.69, 9.17) is 14.2 Å². The van der Waals surface area contributed by atoms with Crippen molar-refractivity contribution in [2.75, 3.05) is 25.6 Å².